The Morgan fingerprint density at radius 1 is 1.12 bits per heavy atom. The van der Waals surface area contributed by atoms with Crippen molar-refractivity contribution in [2.75, 3.05) is 0 Å². The second kappa shape index (κ2) is 5.41. The minimum absolute atomic E-state index is 0.150. The molecule has 5 atom stereocenters. The topological polar surface area (TPSA) is 34.1 Å². The summed E-state index contributed by atoms with van der Waals surface area (Å²) in [6, 6.07) is 0. The third kappa shape index (κ3) is 2.07. The van der Waals surface area contributed by atoms with Crippen molar-refractivity contribution in [3.05, 3.63) is 22.8 Å². The molecule has 4 rings (SSSR count). The van der Waals surface area contributed by atoms with E-state index in [1.807, 2.05) is 6.08 Å². The van der Waals surface area contributed by atoms with Crippen LogP contribution < -0.4 is 0 Å². The maximum absolute atomic E-state index is 11.9. The summed E-state index contributed by atoms with van der Waals surface area (Å²) in [4.78, 5) is 23.3. The van der Waals surface area contributed by atoms with Crippen LogP contribution >= 0.6 is 0 Å². The van der Waals surface area contributed by atoms with Gasteiger partial charge in [0.25, 0.3) is 0 Å². The van der Waals surface area contributed by atoms with Crippen molar-refractivity contribution in [2.45, 2.75) is 72.1 Å². The van der Waals surface area contributed by atoms with Crippen LogP contribution in [0.25, 0.3) is 0 Å². The lowest BCUT2D eigenvalue weighted by atomic mass is 9.53. The van der Waals surface area contributed by atoms with Crippen LogP contribution in [0.3, 0.4) is 0 Å². The van der Waals surface area contributed by atoms with Crippen molar-refractivity contribution < 1.29 is 9.59 Å². The standard InChI is InChI=1S/C22H30O2/c1-14(13-23)18-6-7-19-17-5-4-15-12-16(24)8-10-21(15,2)20(17)9-11-22(18,19)3/h12-14,18-19H,4-11H2,1-3H3/t14-,18?,19?,21+,22-/m1/s1. The van der Waals surface area contributed by atoms with Crippen molar-refractivity contribution in [3.8, 4) is 0 Å². The highest BCUT2D eigenvalue weighted by molar-refractivity contribution is 5.92. The molecule has 2 heteroatoms. The second-order valence-corrected chi connectivity index (χ2v) is 9.21. The Balaban J connectivity index is 1.74. The largest absolute Gasteiger partial charge is 0.303 e. The molecular weight excluding hydrogens is 296 g/mol. The Morgan fingerprint density at radius 2 is 1.92 bits per heavy atom. The summed E-state index contributed by atoms with van der Waals surface area (Å²) in [7, 11) is 0. The van der Waals surface area contributed by atoms with Gasteiger partial charge in [0.2, 0.25) is 0 Å². The van der Waals surface area contributed by atoms with E-state index in [9.17, 15) is 9.59 Å². The fraction of sp³-hybridized carbons (Fsp3) is 0.727. The Bertz CT molecular complexity index is 655. The van der Waals surface area contributed by atoms with Gasteiger partial charge in [-0.3, -0.25) is 4.79 Å². The highest BCUT2D eigenvalue weighted by atomic mass is 16.1. The molecule has 0 saturated heterocycles. The fourth-order valence-electron chi connectivity index (χ4n) is 6.80. The maximum atomic E-state index is 11.9. The Kier molecular flexibility index (Phi) is 3.67. The summed E-state index contributed by atoms with van der Waals surface area (Å²) in [5.41, 5.74) is 5.25. The van der Waals surface area contributed by atoms with Gasteiger partial charge >= 0.3 is 0 Å². The quantitative estimate of drug-likeness (QED) is 0.526. The average Bonchev–Trinajstić information content (AvgIpc) is 2.92. The van der Waals surface area contributed by atoms with Crippen LogP contribution in [0, 0.1) is 28.6 Å². The van der Waals surface area contributed by atoms with E-state index in [-0.39, 0.29) is 11.3 Å². The summed E-state index contributed by atoms with van der Waals surface area (Å²) >= 11 is 0. The molecule has 0 bridgehead atoms. The first-order chi connectivity index (χ1) is 11.4. The van der Waals surface area contributed by atoms with Gasteiger partial charge in [-0.1, -0.05) is 37.5 Å². The molecule has 0 aromatic rings. The third-order valence-corrected chi connectivity index (χ3v) is 8.23. The molecule has 4 aliphatic rings. The molecule has 1 fully saturated rings. The highest BCUT2D eigenvalue weighted by Crippen LogP contribution is 2.64. The van der Waals surface area contributed by atoms with Crippen LogP contribution in [-0.2, 0) is 9.59 Å². The lowest BCUT2D eigenvalue weighted by Gasteiger charge is -2.51. The van der Waals surface area contributed by atoms with Gasteiger partial charge < -0.3 is 4.79 Å². The summed E-state index contributed by atoms with van der Waals surface area (Å²) in [6.45, 7) is 6.96. The van der Waals surface area contributed by atoms with Crippen LogP contribution in [0.1, 0.15) is 72.1 Å². The minimum atomic E-state index is 0.150. The zero-order chi connectivity index (χ0) is 17.1. The Morgan fingerprint density at radius 3 is 2.67 bits per heavy atom. The fourth-order valence-corrected chi connectivity index (χ4v) is 6.80. The molecule has 0 heterocycles. The smallest absolute Gasteiger partial charge is 0.155 e. The summed E-state index contributed by atoms with van der Waals surface area (Å²) in [5, 5.41) is 0. The van der Waals surface area contributed by atoms with Gasteiger partial charge in [-0.2, -0.15) is 0 Å². The third-order valence-electron chi connectivity index (χ3n) is 8.23. The summed E-state index contributed by atoms with van der Waals surface area (Å²) < 4.78 is 0. The number of ketones is 1. The van der Waals surface area contributed by atoms with Crippen LogP contribution in [0.4, 0.5) is 0 Å². The lowest BCUT2D eigenvalue weighted by Crippen LogP contribution is -2.41. The van der Waals surface area contributed by atoms with Crippen molar-refractivity contribution >= 4 is 12.1 Å². The van der Waals surface area contributed by atoms with E-state index in [2.05, 4.69) is 20.8 Å². The number of carbonyl (C=O) groups is 2. The van der Waals surface area contributed by atoms with Crippen LogP contribution in [0.5, 0.6) is 0 Å². The van der Waals surface area contributed by atoms with Gasteiger partial charge in [0, 0.05) is 17.8 Å². The molecule has 1 saturated carbocycles. The minimum Gasteiger partial charge on any atom is -0.303 e. The molecule has 0 amide bonds. The first kappa shape index (κ1) is 16.3. The number of hydrogen-bond donors (Lipinski definition) is 0. The predicted molar refractivity (Wildman–Crippen MR) is 95.5 cm³/mol. The zero-order valence-electron chi connectivity index (χ0n) is 15.4. The highest BCUT2D eigenvalue weighted by Gasteiger charge is 2.54. The molecular formula is C22H30O2. The average molecular weight is 326 g/mol. The number of allylic oxidation sites excluding steroid dienone is 4. The van der Waals surface area contributed by atoms with Gasteiger partial charge in [-0.15, -0.1) is 0 Å². The molecule has 0 N–H and O–H groups in total. The van der Waals surface area contributed by atoms with Crippen LogP contribution in [0.2, 0.25) is 0 Å². The molecule has 0 spiro atoms. The first-order valence-electron chi connectivity index (χ1n) is 9.82. The molecule has 2 nitrogen and oxygen atoms in total. The molecule has 0 radical (unpaired) electrons. The van der Waals surface area contributed by atoms with Gasteiger partial charge in [0.15, 0.2) is 5.78 Å². The van der Waals surface area contributed by atoms with E-state index in [4.69, 9.17) is 0 Å². The maximum Gasteiger partial charge on any atom is 0.155 e. The van der Waals surface area contributed by atoms with Gasteiger partial charge in [0.05, 0.1) is 0 Å². The summed E-state index contributed by atoms with van der Waals surface area (Å²) in [5.74, 6) is 1.73. The van der Waals surface area contributed by atoms with E-state index in [0.717, 1.165) is 19.3 Å². The number of aldehydes is 1. The molecule has 4 aliphatic carbocycles. The number of fused-ring (bicyclic) bond motifs is 4. The number of rotatable bonds is 2. The van der Waals surface area contributed by atoms with Crippen molar-refractivity contribution in [3.63, 3.8) is 0 Å². The van der Waals surface area contributed by atoms with E-state index < -0.39 is 0 Å². The normalized spacial score (nSPS) is 42.8. The molecule has 0 aromatic heterocycles. The van der Waals surface area contributed by atoms with Crippen molar-refractivity contribution in [2.24, 2.45) is 28.6 Å². The molecule has 130 valence electrons. The molecule has 0 aromatic carbocycles. The van der Waals surface area contributed by atoms with E-state index >= 15 is 0 Å². The lowest BCUT2D eigenvalue weighted by molar-refractivity contribution is -0.115. The summed E-state index contributed by atoms with van der Waals surface area (Å²) in [6.07, 6.45) is 11.9. The monoisotopic (exact) mass is 326 g/mol. The van der Waals surface area contributed by atoms with Crippen LogP contribution in [-0.4, -0.2) is 12.1 Å². The molecule has 0 aliphatic heterocycles. The van der Waals surface area contributed by atoms with E-state index in [1.165, 1.54) is 37.5 Å². The van der Waals surface area contributed by atoms with Crippen molar-refractivity contribution in [1.82, 2.24) is 0 Å². The van der Waals surface area contributed by atoms with Crippen LogP contribution in [0.15, 0.2) is 22.8 Å². The van der Waals surface area contributed by atoms with E-state index in [0.29, 0.717) is 29.5 Å². The van der Waals surface area contributed by atoms with Gasteiger partial charge in [0.1, 0.15) is 6.29 Å². The molecule has 2 unspecified atom stereocenters. The molecule has 24 heavy (non-hydrogen) atoms. The second-order valence-electron chi connectivity index (χ2n) is 9.21. The zero-order valence-corrected chi connectivity index (χ0v) is 15.4. The van der Waals surface area contributed by atoms with Gasteiger partial charge in [-0.25, -0.2) is 0 Å². The first-order valence-corrected chi connectivity index (χ1v) is 9.82. The van der Waals surface area contributed by atoms with E-state index in [1.54, 1.807) is 11.1 Å². The SMILES string of the molecule is C[C@H](C=O)C1CCC2C3=C(CC[C@@]21C)[C@@]1(C)CCC(=O)C=C1CC3. The Labute approximate surface area is 145 Å². The predicted octanol–water partition coefficient (Wildman–Crippen LogP) is 5.03. The Hall–Kier alpha value is -1.18. The number of carbonyl (C=O) groups excluding carboxylic acids is 2. The van der Waals surface area contributed by atoms with Crippen molar-refractivity contribution in [1.29, 1.82) is 0 Å². The number of hydrogen-bond acceptors (Lipinski definition) is 2. The van der Waals surface area contributed by atoms with Gasteiger partial charge in [-0.05, 0) is 68.3 Å².